The molecule has 2 aromatic carbocycles. The van der Waals surface area contributed by atoms with Crippen LogP contribution >= 0.6 is 0 Å². The summed E-state index contributed by atoms with van der Waals surface area (Å²) in [5.41, 5.74) is 0.463. The number of piperazine rings is 1. The minimum Gasteiger partial charge on any atom is -0.336 e. The number of benzene rings is 2. The first kappa shape index (κ1) is 20.3. The van der Waals surface area contributed by atoms with Gasteiger partial charge in [-0.15, -0.1) is 0 Å². The number of nitrogens with one attached hydrogen (secondary N) is 1. The van der Waals surface area contributed by atoms with Crippen LogP contribution in [0.25, 0.3) is 0 Å². The molecule has 2 aromatic rings. The summed E-state index contributed by atoms with van der Waals surface area (Å²) in [6.07, 6.45) is 0. The molecule has 0 aromatic heterocycles. The highest BCUT2D eigenvalue weighted by molar-refractivity contribution is 7.80. The first-order chi connectivity index (χ1) is 13.3. The monoisotopic (exact) mass is 413 g/mol. The SMILES string of the molecule is O=C(c1ccc(NS(=O)O)cc1F)N1CCN(Cc2cc(F)cc(F)c2)CC1. The second-order valence-corrected chi connectivity index (χ2v) is 7.09. The van der Waals surface area contributed by atoms with Gasteiger partial charge in [-0.1, -0.05) is 0 Å². The van der Waals surface area contributed by atoms with Crippen molar-refractivity contribution in [3.63, 3.8) is 0 Å². The van der Waals surface area contributed by atoms with Crippen molar-refractivity contribution in [1.29, 1.82) is 0 Å². The van der Waals surface area contributed by atoms with Crippen LogP contribution in [0.3, 0.4) is 0 Å². The quantitative estimate of drug-likeness (QED) is 0.740. The van der Waals surface area contributed by atoms with E-state index >= 15 is 0 Å². The average molecular weight is 413 g/mol. The van der Waals surface area contributed by atoms with Crippen LogP contribution in [0.1, 0.15) is 15.9 Å². The Hall–Kier alpha value is -2.43. The van der Waals surface area contributed by atoms with Gasteiger partial charge in [0.05, 0.1) is 11.3 Å². The van der Waals surface area contributed by atoms with Crippen LogP contribution in [0.5, 0.6) is 0 Å². The van der Waals surface area contributed by atoms with Crippen LogP contribution in [0, 0.1) is 17.5 Å². The zero-order chi connectivity index (χ0) is 20.3. The molecule has 0 spiro atoms. The zero-order valence-corrected chi connectivity index (χ0v) is 15.5. The summed E-state index contributed by atoms with van der Waals surface area (Å²) in [7, 11) is 0. The van der Waals surface area contributed by atoms with Crippen molar-refractivity contribution in [1.82, 2.24) is 9.80 Å². The maximum atomic E-state index is 14.2. The third-order valence-electron chi connectivity index (χ3n) is 4.39. The molecule has 2 N–H and O–H groups in total. The van der Waals surface area contributed by atoms with Gasteiger partial charge in [-0.05, 0) is 35.9 Å². The van der Waals surface area contributed by atoms with Crippen LogP contribution in [0.2, 0.25) is 0 Å². The second kappa shape index (κ2) is 8.72. The molecule has 1 unspecified atom stereocenters. The number of halogens is 3. The Kier molecular flexibility index (Phi) is 6.32. The summed E-state index contributed by atoms with van der Waals surface area (Å²) >= 11 is -2.34. The van der Waals surface area contributed by atoms with Crippen LogP contribution in [-0.2, 0) is 17.8 Å². The van der Waals surface area contributed by atoms with Gasteiger partial charge >= 0.3 is 0 Å². The van der Waals surface area contributed by atoms with Gasteiger partial charge in [-0.25, -0.2) is 17.4 Å². The smallest absolute Gasteiger partial charge is 0.259 e. The fourth-order valence-electron chi connectivity index (χ4n) is 3.09. The largest absolute Gasteiger partial charge is 0.336 e. The second-order valence-electron chi connectivity index (χ2n) is 6.39. The molecular formula is C18H18F3N3O3S. The fourth-order valence-corrected chi connectivity index (χ4v) is 3.42. The van der Waals surface area contributed by atoms with Crippen LogP contribution in [0.4, 0.5) is 18.9 Å². The highest BCUT2D eigenvalue weighted by Gasteiger charge is 2.24. The van der Waals surface area contributed by atoms with Crippen molar-refractivity contribution in [2.75, 3.05) is 30.9 Å². The molecule has 0 radical (unpaired) electrons. The van der Waals surface area contributed by atoms with Crippen molar-refractivity contribution < 1.29 is 26.7 Å². The van der Waals surface area contributed by atoms with Crippen molar-refractivity contribution in [2.24, 2.45) is 0 Å². The summed E-state index contributed by atoms with van der Waals surface area (Å²) in [4.78, 5) is 16.0. The normalized spacial score (nSPS) is 16.1. The van der Waals surface area contributed by atoms with E-state index in [4.69, 9.17) is 4.55 Å². The predicted octanol–water partition coefficient (Wildman–Crippen LogP) is 2.61. The number of rotatable bonds is 5. The molecule has 1 heterocycles. The topological polar surface area (TPSA) is 72.9 Å². The Balaban J connectivity index is 1.60. The van der Waals surface area contributed by atoms with E-state index in [0.717, 1.165) is 12.1 Å². The summed E-state index contributed by atoms with van der Waals surface area (Å²) in [6.45, 7) is 2.00. The molecule has 1 atom stereocenters. The van der Waals surface area contributed by atoms with Gasteiger partial charge in [-0.2, -0.15) is 0 Å². The van der Waals surface area contributed by atoms with E-state index in [1.165, 1.54) is 29.2 Å². The Morgan fingerprint density at radius 1 is 1.04 bits per heavy atom. The maximum absolute atomic E-state index is 14.2. The highest BCUT2D eigenvalue weighted by atomic mass is 32.2. The minimum atomic E-state index is -2.34. The molecule has 10 heteroatoms. The van der Waals surface area contributed by atoms with E-state index in [9.17, 15) is 22.2 Å². The molecule has 1 amide bonds. The number of hydrogen-bond donors (Lipinski definition) is 2. The van der Waals surface area contributed by atoms with Gasteiger partial charge < -0.3 is 4.90 Å². The van der Waals surface area contributed by atoms with Crippen molar-refractivity contribution in [3.05, 3.63) is 65.0 Å². The lowest BCUT2D eigenvalue weighted by molar-refractivity contribution is 0.0624. The maximum Gasteiger partial charge on any atom is 0.259 e. The van der Waals surface area contributed by atoms with E-state index < -0.39 is 34.6 Å². The van der Waals surface area contributed by atoms with E-state index in [-0.39, 0.29) is 11.3 Å². The van der Waals surface area contributed by atoms with E-state index in [2.05, 4.69) is 4.72 Å². The van der Waals surface area contributed by atoms with E-state index in [1.807, 2.05) is 4.90 Å². The lowest BCUT2D eigenvalue weighted by atomic mass is 10.1. The van der Waals surface area contributed by atoms with E-state index in [0.29, 0.717) is 38.3 Å². The Morgan fingerprint density at radius 2 is 1.68 bits per heavy atom. The Bertz CT molecular complexity index is 885. The molecule has 1 aliphatic heterocycles. The van der Waals surface area contributed by atoms with Crippen LogP contribution in [0.15, 0.2) is 36.4 Å². The third kappa shape index (κ3) is 5.09. The zero-order valence-electron chi connectivity index (χ0n) is 14.7. The first-order valence-electron chi connectivity index (χ1n) is 8.45. The third-order valence-corrected chi connectivity index (χ3v) is 4.80. The minimum absolute atomic E-state index is 0.0852. The lowest BCUT2D eigenvalue weighted by Crippen LogP contribution is -2.48. The molecular weight excluding hydrogens is 395 g/mol. The highest BCUT2D eigenvalue weighted by Crippen LogP contribution is 2.18. The standard InChI is InChI=1S/C18H18F3N3O3S/c19-13-7-12(8-14(20)9-13)11-23-3-5-24(6-4-23)18(25)16-2-1-15(10-17(16)21)22-28(26)27/h1-2,7-10,22H,3-6,11H2,(H,26,27). The van der Waals surface area contributed by atoms with Gasteiger partial charge in [0.15, 0.2) is 0 Å². The van der Waals surface area contributed by atoms with Crippen molar-refractivity contribution in [3.8, 4) is 0 Å². The molecule has 3 rings (SSSR count). The van der Waals surface area contributed by atoms with Gasteiger partial charge in [0.25, 0.3) is 17.2 Å². The molecule has 28 heavy (non-hydrogen) atoms. The molecule has 6 nitrogen and oxygen atoms in total. The van der Waals surface area contributed by atoms with Crippen LogP contribution in [-0.4, -0.2) is 50.6 Å². The van der Waals surface area contributed by atoms with Crippen molar-refractivity contribution >= 4 is 22.9 Å². The number of carbonyl (C=O) groups is 1. The lowest BCUT2D eigenvalue weighted by Gasteiger charge is -2.34. The van der Waals surface area contributed by atoms with Crippen molar-refractivity contribution in [2.45, 2.75) is 6.54 Å². The van der Waals surface area contributed by atoms with Crippen LogP contribution < -0.4 is 4.72 Å². The molecule has 150 valence electrons. The molecule has 0 bridgehead atoms. The summed E-state index contributed by atoms with van der Waals surface area (Å²) < 4.78 is 62.4. The average Bonchev–Trinajstić information content (AvgIpc) is 2.60. The van der Waals surface area contributed by atoms with Gasteiger partial charge in [-0.3, -0.25) is 19.0 Å². The first-order valence-corrected chi connectivity index (χ1v) is 9.56. The molecule has 0 aliphatic carbocycles. The molecule has 1 aliphatic rings. The van der Waals surface area contributed by atoms with E-state index in [1.54, 1.807) is 0 Å². The number of anilines is 1. The van der Waals surface area contributed by atoms with Gasteiger partial charge in [0.2, 0.25) is 0 Å². The number of carbonyl (C=O) groups excluding carboxylic acids is 1. The number of amides is 1. The summed E-state index contributed by atoms with van der Waals surface area (Å²) in [5, 5.41) is 0. The fraction of sp³-hybridized carbons (Fsp3) is 0.278. The predicted molar refractivity (Wildman–Crippen MR) is 98.3 cm³/mol. The number of nitrogens with zero attached hydrogens (tertiary/aromatic N) is 2. The number of hydrogen-bond acceptors (Lipinski definition) is 3. The molecule has 1 fully saturated rings. The van der Waals surface area contributed by atoms with Gasteiger partial charge in [0.1, 0.15) is 17.5 Å². The summed E-state index contributed by atoms with van der Waals surface area (Å²) in [5.74, 6) is -2.55. The summed E-state index contributed by atoms with van der Waals surface area (Å²) in [6, 6.07) is 6.94. The molecule has 0 saturated carbocycles. The van der Waals surface area contributed by atoms with Gasteiger partial charge in [0, 0.05) is 38.8 Å². The Morgan fingerprint density at radius 3 is 2.25 bits per heavy atom. The molecule has 1 saturated heterocycles. The Labute approximate surface area is 162 Å².